The van der Waals surface area contributed by atoms with Gasteiger partial charge in [-0.15, -0.1) is 0 Å². The van der Waals surface area contributed by atoms with Gasteiger partial charge in [0.15, 0.2) is 17.3 Å². The zero-order valence-corrected chi connectivity index (χ0v) is 17.1. The van der Waals surface area contributed by atoms with Gasteiger partial charge in [0.2, 0.25) is 5.78 Å². The van der Waals surface area contributed by atoms with Gasteiger partial charge in [0.1, 0.15) is 18.1 Å². The first-order valence-corrected chi connectivity index (χ1v) is 9.57. The van der Waals surface area contributed by atoms with E-state index in [9.17, 15) is 4.79 Å². The molecule has 0 radical (unpaired) electrons. The van der Waals surface area contributed by atoms with Crippen LogP contribution in [-0.4, -0.2) is 20.0 Å². The van der Waals surface area contributed by atoms with Crippen molar-refractivity contribution in [2.45, 2.75) is 13.5 Å². The monoisotopic (exact) mass is 402 g/mol. The van der Waals surface area contributed by atoms with Crippen molar-refractivity contribution in [3.63, 3.8) is 0 Å². The van der Waals surface area contributed by atoms with E-state index < -0.39 is 0 Å². The summed E-state index contributed by atoms with van der Waals surface area (Å²) in [5.74, 6) is 2.30. The highest BCUT2D eigenvalue weighted by Gasteiger charge is 2.28. The highest BCUT2D eigenvalue weighted by molar-refractivity contribution is 6.14. The molecule has 1 heterocycles. The van der Waals surface area contributed by atoms with Crippen molar-refractivity contribution in [1.29, 1.82) is 0 Å². The lowest BCUT2D eigenvalue weighted by Crippen LogP contribution is -1.99. The number of rotatable bonds is 6. The molecule has 0 saturated heterocycles. The molecule has 0 N–H and O–H groups in total. The summed E-state index contributed by atoms with van der Waals surface area (Å²) in [7, 11) is 3.13. The molecule has 0 bridgehead atoms. The third-order valence-electron chi connectivity index (χ3n) is 5.02. The van der Waals surface area contributed by atoms with E-state index in [1.807, 2.05) is 43.3 Å². The second kappa shape index (κ2) is 8.33. The third kappa shape index (κ3) is 3.74. The van der Waals surface area contributed by atoms with Crippen molar-refractivity contribution in [3.05, 3.63) is 88.7 Å². The van der Waals surface area contributed by atoms with Crippen molar-refractivity contribution < 1.29 is 23.7 Å². The summed E-state index contributed by atoms with van der Waals surface area (Å²) in [6, 6.07) is 18.8. The fourth-order valence-corrected chi connectivity index (χ4v) is 3.36. The summed E-state index contributed by atoms with van der Waals surface area (Å²) < 4.78 is 22.5. The van der Waals surface area contributed by atoms with Crippen LogP contribution in [0.4, 0.5) is 0 Å². The molecule has 3 aromatic carbocycles. The smallest absolute Gasteiger partial charge is 0.231 e. The van der Waals surface area contributed by atoms with Gasteiger partial charge in [-0.1, -0.05) is 36.4 Å². The molecule has 1 aliphatic heterocycles. The van der Waals surface area contributed by atoms with Gasteiger partial charge in [0.05, 0.1) is 19.8 Å². The second-order valence-corrected chi connectivity index (χ2v) is 6.90. The molecule has 0 saturated carbocycles. The minimum atomic E-state index is -0.180. The number of para-hydroxylation sites is 1. The van der Waals surface area contributed by atoms with Crippen LogP contribution in [0.2, 0.25) is 0 Å². The first kappa shape index (κ1) is 19.6. The standard InChI is InChI=1S/C25H22O5/c1-16-7-4-5-8-18(16)15-29-19-11-12-20-22(14-19)30-23(24(20)26)13-17-9-6-10-21(27-2)25(17)28-3/h4-14H,15H2,1-3H3/b23-13-. The number of ketones is 1. The van der Waals surface area contributed by atoms with Crippen LogP contribution in [0.25, 0.3) is 6.08 Å². The maximum Gasteiger partial charge on any atom is 0.231 e. The Bertz CT molecular complexity index is 1130. The summed E-state index contributed by atoms with van der Waals surface area (Å²) in [5, 5.41) is 0. The molecule has 0 aromatic heterocycles. The minimum Gasteiger partial charge on any atom is -0.493 e. The lowest BCUT2D eigenvalue weighted by atomic mass is 10.1. The van der Waals surface area contributed by atoms with Gasteiger partial charge in [-0.25, -0.2) is 0 Å². The molecule has 0 amide bonds. The largest absolute Gasteiger partial charge is 0.493 e. The fourth-order valence-electron chi connectivity index (χ4n) is 3.36. The maximum atomic E-state index is 12.8. The van der Waals surface area contributed by atoms with Gasteiger partial charge in [-0.2, -0.15) is 0 Å². The number of aryl methyl sites for hydroxylation is 1. The summed E-state index contributed by atoms with van der Waals surface area (Å²) in [6.45, 7) is 2.50. The fraction of sp³-hybridized carbons (Fsp3) is 0.160. The summed E-state index contributed by atoms with van der Waals surface area (Å²) in [6.07, 6.45) is 1.66. The average molecular weight is 402 g/mol. The highest BCUT2D eigenvalue weighted by atomic mass is 16.5. The van der Waals surface area contributed by atoms with Crippen molar-refractivity contribution in [1.82, 2.24) is 0 Å². The molecule has 0 atom stereocenters. The number of Topliss-reactive ketones (excluding diaryl/α,β-unsaturated/α-hetero) is 1. The minimum absolute atomic E-state index is 0.180. The lowest BCUT2D eigenvalue weighted by Gasteiger charge is -2.10. The molecule has 5 nitrogen and oxygen atoms in total. The predicted molar refractivity (Wildman–Crippen MR) is 114 cm³/mol. The van der Waals surface area contributed by atoms with Crippen molar-refractivity contribution >= 4 is 11.9 Å². The van der Waals surface area contributed by atoms with Crippen LogP contribution in [0.3, 0.4) is 0 Å². The second-order valence-electron chi connectivity index (χ2n) is 6.90. The van der Waals surface area contributed by atoms with Gasteiger partial charge in [-0.3, -0.25) is 4.79 Å². The number of methoxy groups -OCH3 is 2. The molecule has 0 spiro atoms. The SMILES string of the molecule is COc1cccc(/C=C2\Oc3cc(OCc4ccccc4C)ccc3C2=O)c1OC. The van der Waals surface area contributed by atoms with Crippen molar-refractivity contribution in [2.24, 2.45) is 0 Å². The Morgan fingerprint density at radius 3 is 2.57 bits per heavy atom. The van der Waals surface area contributed by atoms with Gasteiger partial charge in [0, 0.05) is 11.6 Å². The Balaban J connectivity index is 1.56. The van der Waals surface area contributed by atoms with E-state index >= 15 is 0 Å². The van der Waals surface area contributed by atoms with Crippen molar-refractivity contribution in [3.8, 4) is 23.0 Å². The zero-order chi connectivity index (χ0) is 21.1. The van der Waals surface area contributed by atoms with E-state index in [-0.39, 0.29) is 11.5 Å². The molecule has 30 heavy (non-hydrogen) atoms. The molecule has 0 unspecified atom stereocenters. The van der Waals surface area contributed by atoms with Crippen LogP contribution in [0.5, 0.6) is 23.0 Å². The predicted octanol–water partition coefficient (Wildman–Crippen LogP) is 5.21. The first-order valence-electron chi connectivity index (χ1n) is 9.57. The van der Waals surface area contributed by atoms with Crippen LogP contribution in [-0.2, 0) is 6.61 Å². The molecule has 0 aliphatic carbocycles. The normalized spacial score (nSPS) is 13.7. The molecule has 5 heteroatoms. The number of hydrogen-bond donors (Lipinski definition) is 0. The van der Waals surface area contributed by atoms with Crippen LogP contribution in [0.15, 0.2) is 66.4 Å². The number of hydrogen-bond acceptors (Lipinski definition) is 5. The average Bonchev–Trinajstić information content (AvgIpc) is 3.07. The zero-order valence-electron chi connectivity index (χ0n) is 17.1. The van der Waals surface area contributed by atoms with Crippen LogP contribution in [0.1, 0.15) is 27.0 Å². The number of fused-ring (bicyclic) bond motifs is 1. The highest BCUT2D eigenvalue weighted by Crippen LogP contribution is 2.37. The number of allylic oxidation sites excluding steroid dienone is 1. The number of ether oxygens (including phenoxy) is 4. The number of benzene rings is 3. The molecular formula is C25H22O5. The van der Waals surface area contributed by atoms with E-state index in [1.54, 1.807) is 44.6 Å². The summed E-state index contributed by atoms with van der Waals surface area (Å²) in [5.41, 5.74) is 3.48. The quantitative estimate of drug-likeness (QED) is 0.530. The Kier molecular flexibility index (Phi) is 5.44. The Morgan fingerprint density at radius 2 is 1.80 bits per heavy atom. The van der Waals surface area contributed by atoms with Gasteiger partial charge in [-0.05, 0) is 42.3 Å². The van der Waals surface area contributed by atoms with Crippen molar-refractivity contribution in [2.75, 3.05) is 14.2 Å². The van der Waals surface area contributed by atoms with Gasteiger partial charge < -0.3 is 18.9 Å². The topological polar surface area (TPSA) is 54.0 Å². The Labute approximate surface area is 175 Å². The van der Waals surface area contributed by atoms with Crippen LogP contribution < -0.4 is 18.9 Å². The van der Waals surface area contributed by atoms with E-state index in [4.69, 9.17) is 18.9 Å². The molecule has 152 valence electrons. The maximum absolute atomic E-state index is 12.8. The molecule has 4 rings (SSSR count). The van der Waals surface area contributed by atoms with E-state index in [1.165, 1.54) is 5.56 Å². The van der Waals surface area contributed by atoms with Crippen LogP contribution >= 0.6 is 0 Å². The van der Waals surface area contributed by atoms with E-state index in [2.05, 4.69) is 0 Å². The number of carbonyl (C=O) groups is 1. The molecule has 1 aliphatic rings. The molecule has 0 fully saturated rings. The molecular weight excluding hydrogens is 380 g/mol. The third-order valence-corrected chi connectivity index (χ3v) is 5.02. The number of carbonyl (C=O) groups excluding carboxylic acids is 1. The molecule has 3 aromatic rings. The van der Waals surface area contributed by atoms with Crippen LogP contribution in [0, 0.1) is 6.92 Å². The lowest BCUT2D eigenvalue weighted by molar-refractivity contribution is 0.101. The van der Waals surface area contributed by atoms with E-state index in [0.717, 1.165) is 5.56 Å². The summed E-state index contributed by atoms with van der Waals surface area (Å²) >= 11 is 0. The summed E-state index contributed by atoms with van der Waals surface area (Å²) in [4.78, 5) is 12.8. The first-order chi connectivity index (χ1) is 14.6. The van der Waals surface area contributed by atoms with E-state index in [0.29, 0.717) is 40.7 Å². The van der Waals surface area contributed by atoms with Gasteiger partial charge >= 0.3 is 0 Å². The Morgan fingerprint density at radius 1 is 0.967 bits per heavy atom. The Hall–Kier alpha value is -3.73. The van der Waals surface area contributed by atoms with Gasteiger partial charge in [0.25, 0.3) is 0 Å².